The molecule has 0 amide bonds. The molecule has 0 aliphatic carbocycles. The van der Waals surface area contributed by atoms with E-state index in [2.05, 4.69) is 12.0 Å². The molecule has 1 N–H and O–H groups in total. The molecular weight excluding hydrogens is 255 g/mol. The van der Waals surface area contributed by atoms with Crippen molar-refractivity contribution in [2.75, 3.05) is 0 Å². The van der Waals surface area contributed by atoms with E-state index in [1.807, 2.05) is 17.8 Å². The molecule has 1 atom stereocenters. The molecule has 1 unspecified atom stereocenters. The standard InChI is InChI=1S/C16H21FN2O/c1-4-14-9-15(19(3)18-14)11-16(2,20)10-12-5-7-13(17)8-6-12/h5-9,20H,4,10-11H2,1-3H3. The smallest absolute Gasteiger partial charge is 0.123 e. The minimum Gasteiger partial charge on any atom is -0.389 e. The SMILES string of the molecule is CCc1cc(CC(C)(O)Cc2ccc(F)cc2)n(C)n1. The maximum absolute atomic E-state index is 12.9. The van der Waals surface area contributed by atoms with Crippen molar-refractivity contribution in [2.24, 2.45) is 7.05 Å². The van der Waals surface area contributed by atoms with Crippen LogP contribution in [0.25, 0.3) is 0 Å². The molecule has 0 fully saturated rings. The predicted octanol–water partition coefficient (Wildman–Crippen LogP) is 2.66. The Morgan fingerprint density at radius 2 is 1.90 bits per heavy atom. The van der Waals surface area contributed by atoms with Crippen molar-refractivity contribution in [3.05, 3.63) is 53.1 Å². The van der Waals surface area contributed by atoms with Crippen LogP contribution in [0.1, 0.15) is 30.8 Å². The summed E-state index contributed by atoms with van der Waals surface area (Å²) in [7, 11) is 1.89. The molecule has 2 aromatic rings. The van der Waals surface area contributed by atoms with Gasteiger partial charge in [-0.25, -0.2) is 4.39 Å². The fourth-order valence-corrected chi connectivity index (χ4v) is 2.40. The number of nitrogens with zero attached hydrogens (tertiary/aromatic N) is 2. The van der Waals surface area contributed by atoms with Crippen molar-refractivity contribution in [1.82, 2.24) is 9.78 Å². The topological polar surface area (TPSA) is 38.0 Å². The van der Waals surface area contributed by atoms with E-state index in [-0.39, 0.29) is 5.82 Å². The second kappa shape index (κ2) is 5.75. The van der Waals surface area contributed by atoms with Crippen LogP contribution in [0.15, 0.2) is 30.3 Å². The summed E-state index contributed by atoms with van der Waals surface area (Å²) in [5.41, 5.74) is 2.08. The van der Waals surface area contributed by atoms with Crippen LogP contribution >= 0.6 is 0 Å². The number of hydrogen-bond acceptors (Lipinski definition) is 2. The lowest BCUT2D eigenvalue weighted by atomic mass is 9.91. The lowest BCUT2D eigenvalue weighted by Gasteiger charge is -2.23. The van der Waals surface area contributed by atoms with Gasteiger partial charge in [0.25, 0.3) is 0 Å². The van der Waals surface area contributed by atoms with Gasteiger partial charge < -0.3 is 5.11 Å². The summed E-state index contributed by atoms with van der Waals surface area (Å²) in [4.78, 5) is 0. The highest BCUT2D eigenvalue weighted by atomic mass is 19.1. The molecule has 3 nitrogen and oxygen atoms in total. The molecule has 108 valence electrons. The van der Waals surface area contributed by atoms with Gasteiger partial charge in [0, 0.05) is 25.6 Å². The third-order valence-corrected chi connectivity index (χ3v) is 3.45. The molecule has 0 aliphatic heterocycles. The van der Waals surface area contributed by atoms with Crippen LogP contribution in [0, 0.1) is 5.82 Å². The molecule has 0 spiro atoms. The third-order valence-electron chi connectivity index (χ3n) is 3.45. The Labute approximate surface area is 119 Å². The van der Waals surface area contributed by atoms with Crippen LogP contribution in [0.2, 0.25) is 0 Å². The van der Waals surface area contributed by atoms with Crippen molar-refractivity contribution < 1.29 is 9.50 Å². The van der Waals surface area contributed by atoms with Crippen LogP contribution in [0.3, 0.4) is 0 Å². The Hall–Kier alpha value is -1.68. The van der Waals surface area contributed by atoms with Crippen LogP contribution in [0.4, 0.5) is 4.39 Å². The maximum Gasteiger partial charge on any atom is 0.123 e. The van der Waals surface area contributed by atoms with Crippen LogP contribution in [0.5, 0.6) is 0 Å². The summed E-state index contributed by atoms with van der Waals surface area (Å²) in [6.45, 7) is 3.86. The number of aryl methyl sites for hydroxylation is 2. The molecule has 0 saturated carbocycles. The average Bonchev–Trinajstić information content (AvgIpc) is 2.72. The van der Waals surface area contributed by atoms with Gasteiger partial charge in [0.15, 0.2) is 0 Å². The normalized spacial score (nSPS) is 14.2. The molecule has 1 aromatic heterocycles. The molecule has 0 bridgehead atoms. The van der Waals surface area contributed by atoms with Gasteiger partial charge in [-0.2, -0.15) is 5.10 Å². The van der Waals surface area contributed by atoms with E-state index < -0.39 is 5.60 Å². The predicted molar refractivity (Wildman–Crippen MR) is 77.0 cm³/mol. The Kier molecular flexibility index (Phi) is 4.23. The molecule has 1 heterocycles. The maximum atomic E-state index is 12.9. The van der Waals surface area contributed by atoms with Gasteiger partial charge in [-0.1, -0.05) is 19.1 Å². The third kappa shape index (κ3) is 3.67. The average molecular weight is 276 g/mol. The van der Waals surface area contributed by atoms with Crippen molar-refractivity contribution in [1.29, 1.82) is 0 Å². The highest BCUT2D eigenvalue weighted by Gasteiger charge is 2.23. The molecule has 20 heavy (non-hydrogen) atoms. The fourth-order valence-electron chi connectivity index (χ4n) is 2.40. The van der Waals surface area contributed by atoms with Crippen molar-refractivity contribution >= 4 is 0 Å². The summed E-state index contributed by atoms with van der Waals surface area (Å²) >= 11 is 0. The Morgan fingerprint density at radius 3 is 2.45 bits per heavy atom. The van der Waals surface area contributed by atoms with Crippen LogP contribution in [-0.4, -0.2) is 20.5 Å². The Balaban J connectivity index is 2.09. The van der Waals surface area contributed by atoms with E-state index in [9.17, 15) is 9.50 Å². The van der Waals surface area contributed by atoms with Gasteiger partial charge in [0.1, 0.15) is 5.82 Å². The minimum atomic E-state index is -0.878. The summed E-state index contributed by atoms with van der Waals surface area (Å²) < 4.78 is 14.7. The van der Waals surface area contributed by atoms with E-state index in [0.29, 0.717) is 12.8 Å². The second-order valence-corrected chi connectivity index (χ2v) is 5.58. The summed E-state index contributed by atoms with van der Waals surface area (Å²) in [6, 6.07) is 8.30. The van der Waals surface area contributed by atoms with Gasteiger partial charge in [0.05, 0.1) is 11.3 Å². The number of halogens is 1. The van der Waals surface area contributed by atoms with Crippen molar-refractivity contribution in [3.8, 4) is 0 Å². The number of aliphatic hydroxyl groups is 1. The van der Waals surface area contributed by atoms with Crippen LogP contribution < -0.4 is 0 Å². The molecule has 0 aliphatic rings. The zero-order chi connectivity index (χ0) is 14.8. The zero-order valence-electron chi connectivity index (χ0n) is 12.2. The summed E-state index contributed by atoms with van der Waals surface area (Å²) in [5, 5.41) is 15.0. The van der Waals surface area contributed by atoms with E-state index in [0.717, 1.165) is 23.4 Å². The van der Waals surface area contributed by atoms with E-state index in [1.165, 1.54) is 12.1 Å². The number of aromatic nitrogens is 2. The zero-order valence-corrected chi connectivity index (χ0v) is 12.2. The Bertz CT molecular complexity index is 573. The van der Waals surface area contributed by atoms with Gasteiger partial charge in [0.2, 0.25) is 0 Å². The fraction of sp³-hybridized carbons (Fsp3) is 0.438. The first-order valence-electron chi connectivity index (χ1n) is 6.88. The van der Waals surface area contributed by atoms with Crippen molar-refractivity contribution in [3.63, 3.8) is 0 Å². The summed E-state index contributed by atoms with van der Waals surface area (Å²) in [5.74, 6) is -0.257. The first-order chi connectivity index (χ1) is 9.39. The molecule has 0 saturated heterocycles. The number of benzene rings is 1. The lowest BCUT2D eigenvalue weighted by molar-refractivity contribution is 0.0588. The minimum absolute atomic E-state index is 0.257. The monoisotopic (exact) mass is 276 g/mol. The second-order valence-electron chi connectivity index (χ2n) is 5.58. The molecular formula is C16H21FN2O. The highest BCUT2D eigenvalue weighted by molar-refractivity contribution is 5.20. The van der Waals surface area contributed by atoms with Gasteiger partial charge in [-0.3, -0.25) is 4.68 Å². The van der Waals surface area contributed by atoms with E-state index in [4.69, 9.17) is 0 Å². The molecule has 2 rings (SSSR count). The quantitative estimate of drug-likeness (QED) is 0.911. The van der Waals surface area contributed by atoms with Gasteiger partial charge in [-0.05, 0) is 37.1 Å². The Morgan fingerprint density at radius 1 is 1.25 bits per heavy atom. The largest absolute Gasteiger partial charge is 0.389 e. The lowest BCUT2D eigenvalue weighted by Crippen LogP contribution is -2.31. The summed E-state index contributed by atoms with van der Waals surface area (Å²) in [6.07, 6.45) is 1.89. The van der Waals surface area contributed by atoms with E-state index in [1.54, 1.807) is 19.1 Å². The molecule has 1 aromatic carbocycles. The van der Waals surface area contributed by atoms with Gasteiger partial charge in [-0.15, -0.1) is 0 Å². The highest BCUT2D eigenvalue weighted by Crippen LogP contribution is 2.19. The molecule has 4 heteroatoms. The first kappa shape index (κ1) is 14.7. The number of hydrogen-bond donors (Lipinski definition) is 1. The van der Waals surface area contributed by atoms with Crippen LogP contribution in [-0.2, 0) is 26.3 Å². The first-order valence-corrected chi connectivity index (χ1v) is 6.88. The van der Waals surface area contributed by atoms with E-state index >= 15 is 0 Å². The molecule has 0 radical (unpaired) electrons. The number of rotatable bonds is 5. The van der Waals surface area contributed by atoms with Crippen molar-refractivity contribution in [2.45, 2.75) is 38.7 Å². The van der Waals surface area contributed by atoms with Gasteiger partial charge >= 0.3 is 0 Å².